The summed E-state index contributed by atoms with van der Waals surface area (Å²) in [6.45, 7) is 2.11. The van der Waals surface area contributed by atoms with Crippen molar-refractivity contribution in [2.75, 3.05) is 6.16 Å². The quantitative estimate of drug-likeness (QED) is 0.581. The molecule has 3 nitrogen and oxygen atoms in total. The zero-order chi connectivity index (χ0) is 8.74. The van der Waals surface area contributed by atoms with Crippen LogP contribution in [0.1, 0.15) is 39.0 Å². The molecule has 0 aromatic carbocycles. The molecule has 0 bridgehead atoms. The third kappa shape index (κ3) is 14.0. The second-order valence-electron chi connectivity index (χ2n) is 2.80. The van der Waals surface area contributed by atoms with Gasteiger partial charge in [-0.15, -0.1) is 0 Å². The topological polar surface area (TPSA) is 57.5 Å². The van der Waals surface area contributed by atoms with E-state index in [1.807, 2.05) is 0 Å². The van der Waals surface area contributed by atoms with Crippen LogP contribution in [-0.4, -0.2) is 15.9 Å². The first-order valence-electron chi connectivity index (χ1n) is 4.11. The Hall–Kier alpha value is 1.50. The smallest absolute Gasteiger partial charge is 0.324 e. The van der Waals surface area contributed by atoms with E-state index in [0.717, 1.165) is 19.3 Å². The van der Waals surface area contributed by atoms with Crippen molar-refractivity contribution in [1.82, 2.24) is 0 Å². The zero-order valence-electron chi connectivity index (χ0n) is 7.49. The molecule has 2 N–H and O–H groups in total. The van der Waals surface area contributed by atoms with Gasteiger partial charge in [0.05, 0.1) is 0 Å². The zero-order valence-corrected chi connectivity index (χ0v) is 11.6. The monoisotopic (exact) mass is 322 g/mol. The van der Waals surface area contributed by atoms with Crippen LogP contribution >= 0.6 is 7.60 Å². The molecule has 5 heteroatoms. The molecule has 0 aliphatic rings. The molecular weight excluding hydrogens is 307 g/mol. The molecule has 0 aromatic rings. The van der Waals surface area contributed by atoms with Crippen LogP contribution in [0.5, 0.6) is 0 Å². The van der Waals surface area contributed by atoms with E-state index in [4.69, 9.17) is 9.79 Å². The first kappa shape index (κ1) is 16.0. The molecule has 0 unspecified atom stereocenters. The van der Waals surface area contributed by atoms with Crippen LogP contribution < -0.4 is 0 Å². The Bertz CT molecular complexity index is 135. The van der Waals surface area contributed by atoms with Gasteiger partial charge in [0.25, 0.3) is 0 Å². The first-order valence-corrected chi connectivity index (χ1v) is 5.90. The average Bonchev–Trinajstić information content (AvgIpc) is 1.85. The molecule has 0 radical (unpaired) electrons. The molecule has 0 amide bonds. The van der Waals surface area contributed by atoms with E-state index < -0.39 is 7.60 Å². The molecular formula is C7H17NdO3P. The number of unbranched alkanes of at least 4 members (excludes halogenated alkanes) is 4. The molecule has 0 saturated heterocycles. The predicted octanol–water partition coefficient (Wildman–Crippen LogP) is 2.13. The maximum Gasteiger partial charge on any atom is 0.325 e. The minimum absolute atomic E-state index is 0. The third-order valence-corrected chi connectivity index (χ3v) is 2.45. The summed E-state index contributed by atoms with van der Waals surface area (Å²) in [5.74, 6) is 0. The van der Waals surface area contributed by atoms with Crippen molar-refractivity contribution in [2.45, 2.75) is 39.0 Å². The molecule has 0 heterocycles. The Morgan fingerprint density at radius 1 is 1.08 bits per heavy atom. The molecule has 0 atom stereocenters. The summed E-state index contributed by atoms with van der Waals surface area (Å²) in [6.07, 6.45) is 5.08. The van der Waals surface area contributed by atoms with Crippen molar-refractivity contribution in [1.29, 1.82) is 0 Å². The number of hydrogen-bond acceptors (Lipinski definition) is 1. The van der Waals surface area contributed by atoms with Gasteiger partial charge < -0.3 is 9.79 Å². The minimum Gasteiger partial charge on any atom is -0.324 e. The van der Waals surface area contributed by atoms with Crippen LogP contribution in [0.15, 0.2) is 0 Å². The van der Waals surface area contributed by atoms with Crippen LogP contribution in [0.25, 0.3) is 0 Å². The van der Waals surface area contributed by atoms with Gasteiger partial charge in [-0.2, -0.15) is 0 Å². The molecule has 0 aliphatic carbocycles. The predicted molar refractivity (Wildman–Crippen MR) is 45.7 cm³/mol. The van der Waals surface area contributed by atoms with Gasteiger partial charge in [-0.1, -0.05) is 32.6 Å². The van der Waals surface area contributed by atoms with Crippen LogP contribution in [0.2, 0.25) is 0 Å². The van der Waals surface area contributed by atoms with E-state index >= 15 is 0 Å². The fourth-order valence-electron chi connectivity index (χ4n) is 0.921. The molecule has 0 fully saturated rings. The van der Waals surface area contributed by atoms with E-state index in [2.05, 4.69) is 6.92 Å². The summed E-state index contributed by atoms with van der Waals surface area (Å²) < 4.78 is 10.4. The molecule has 0 saturated carbocycles. The molecule has 0 aromatic heterocycles. The second kappa shape index (κ2) is 9.07. The van der Waals surface area contributed by atoms with Crippen molar-refractivity contribution in [3.8, 4) is 0 Å². The number of rotatable bonds is 6. The second-order valence-corrected chi connectivity index (χ2v) is 4.58. The van der Waals surface area contributed by atoms with Gasteiger partial charge in [-0.25, -0.2) is 0 Å². The Balaban J connectivity index is 0. The minimum atomic E-state index is -3.71. The Morgan fingerprint density at radius 2 is 1.58 bits per heavy atom. The van der Waals surface area contributed by atoms with Gasteiger partial charge in [-0.05, 0) is 6.42 Å². The summed E-state index contributed by atoms with van der Waals surface area (Å²) in [5.41, 5.74) is 0. The van der Waals surface area contributed by atoms with E-state index in [9.17, 15) is 4.57 Å². The van der Waals surface area contributed by atoms with E-state index in [1.165, 1.54) is 6.42 Å². The van der Waals surface area contributed by atoms with E-state index in [0.29, 0.717) is 6.42 Å². The average molecular weight is 324 g/mol. The van der Waals surface area contributed by atoms with Gasteiger partial charge >= 0.3 is 7.60 Å². The van der Waals surface area contributed by atoms with Crippen molar-refractivity contribution < 1.29 is 55.2 Å². The Labute approximate surface area is 107 Å². The Kier molecular flexibility index (Phi) is 12.1. The summed E-state index contributed by atoms with van der Waals surface area (Å²) in [6, 6.07) is 0. The van der Waals surface area contributed by atoms with Crippen LogP contribution in [0.4, 0.5) is 0 Å². The molecule has 72 valence electrons. The fourth-order valence-corrected chi connectivity index (χ4v) is 1.56. The maximum absolute atomic E-state index is 10.4. The first-order chi connectivity index (χ1) is 5.06. The Morgan fingerprint density at radius 3 is 2.00 bits per heavy atom. The van der Waals surface area contributed by atoms with E-state index in [-0.39, 0.29) is 47.0 Å². The van der Waals surface area contributed by atoms with Crippen molar-refractivity contribution in [3.63, 3.8) is 0 Å². The van der Waals surface area contributed by atoms with Gasteiger partial charge in [-0.3, -0.25) is 4.57 Å². The van der Waals surface area contributed by atoms with Gasteiger partial charge in [0.15, 0.2) is 0 Å². The SMILES string of the molecule is CCCCCCCP(=O)(O)O.[Nd]. The van der Waals surface area contributed by atoms with Crippen molar-refractivity contribution in [3.05, 3.63) is 0 Å². The molecule has 0 aliphatic heterocycles. The molecule has 12 heavy (non-hydrogen) atoms. The molecule has 0 spiro atoms. The van der Waals surface area contributed by atoms with Gasteiger partial charge in [0.2, 0.25) is 0 Å². The largest absolute Gasteiger partial charge is 0.325 e. The summed E-state index contributed by atoms with van der Waals surface area (Å²) >= 11 is 0. The van der Waals surface area contributed by atoms with E-state index in [1.54, 1.807) is 0 Å². The van der Waals surface area contributed by atoms with Gasteiger partial charge in [0.1, 0.15) is 0 Å². The van der Waals surface area contributed by atoms with Crippen LogP contribution in [0.3, 0.4) is 0 Å². The van der Waals surface area contributed by atoms with Gasteiger partial charge in [0, 0.05) is 47.0 Å². The number of hydrogen-bond donors (Lipinski definition) is 2. The fraction of sp³-hybridized carbons (Fsp3) is 1.00. The van der Waals surface area contributed by atoms with Crippen LogP contribution in [-0.2, 0) is 4.57 Å². The maximum atomic E-state index is 10.4. The van der Waals surface area contributed by atoms with Crippen molar-refractivity contribution in [2.24, 2.45) is 0 Å². The normalized spacial score (nSPS) is 10.9. The third-order valence-electron chi connectivity index (χ3n) is 1.55. The summed E-state index contributed by atoms with van der Waals surface area (Å²) in [4.78, 5) is 17.0. The summed E-state index contributed by atoms with van der Waals surface area (Å²) in [5, 5.41) is 0. The summed E-state index contributed by atoms with van der Waals surface area (Å²) in [7, 11) is -3.71. The standard InChI is InChI=1S/C7H17O3P.Nd/c1-2-3-4-5-6-7-11(8,9)10;/h2-7H2,1H3,(H2,8,9,10);. The van der Waals surface area contributed by atoms with Crippen LogP contribution in [0, 0.1) is 40.8 Å². The van der Waals surface area contributed by atoms with Crippen molar-refractivity contribution >= 4 is 7.60 Å². The molecule has 0 rings (SSSR count).